The Bertz CT molecular complexity index is 728. The molecule has 2 atom stereocenters. The third kappa shape index (κ3) is 2.72. The Morgan fingerprint density at radius 2 is 2.08 bits per heavy atom. The number of hydrogen-bond acceptors (Lipinski definition) is 5. The topological polar surface area (TPSA) is 32.3 Å². The Morgan fingerprint density at radius 1 is 1.25 bits per heavy atom. The van der Waals surface area contributed by atoms with E-state index in [0.717, 1.165) is 49.1 Å². The van der Waals surface area contributed by atoms with Crippen LogP contribution in [-0.4, -0.2) is 35.6 Å². The predicted molar refractivity (Wildman–Crippen MR) is 87.5 cm³/mol. The maximum absolute atomic E-state index is 12.7. The first-order valence-electron chi connectivity index (χ1n) is 7.89. The smallest absolute Gasteiger partial charge is 0.354 e. The van der Waals surface area contributed by atoms with Gasteiger partial charge in [-0.05, 0) is 25.5 Å². The lowest BCUT2D eigenvalue weighted by Gasteiger charge is -2.24. The summed E-state index contributed by atoms with van der Waals surface area (Å²) in [6.45, 7) is 4.60. The van der Waals surface area contributed by atoms with Gasteiger partial charge in [0.05, 0.1) is 17.3 Å². The van der Waals surface area contributed by atoms with E-state index in [4.69, 9.17) is 0 Å². The maximum atomic E-state index is 12.7. The summed E-state index contributed by atoms with van der Waals surface area (Å²) in [5.41, 5.74) is 0.322. The fraction of sp³-hybridized carbons (Fsp3) is 0.500. The van der Waals surface area contributed by atoms with Crippen LogP contribution in [0.15, 0.2) is 23.7 Å². The molecule has 2 fully saturated rings. The van der Waals surface area contributed by atoms with E-state index in [1.807, 2.05) is 12.3 Å². The van der Waals surface area contributed by atoms with Gasteiger partial charge in [0.25, 0.3) is 0 Å². The van der Waals surface area contributed by atoms with Crippen molar-refractivity contribution in [1.82, 2.24) is 9.97 Å². The number of fused-ring (bicyclic) bond motifs is 1. The standard InChI is InChI=1S/C16H17F3N4S/c1-10-9-24-15(21-10)23-5-4-11-7-22(8-13(11)23)14-3-2-12(6-20-14)16(17,18)19/h2-3,6,9,11,13H,4-5,7-8H2,1H3. The molecule has 24 heavy (non-hydrogen) atoms. The molecule has 2 unspecified atom stereocenters. The summed E-state index contributed by atoms with van der Waals surface area (Å²) in [4.78, 5) is 13.0. The largest absolute Gasteiger partial charge is 0.417 e. The molecule has 0 aromatic carbocycles. The van der Waals surface area contributed by atoms with Crippen LogP contribution in [0.25, 0.3) is 0 Å². The second-order valence-electron chi connectivity index (χ2n) is 6.39. The van der Waals surface area contributed by atoms with E-state index in [1.165, 1.54) is 6.07 Å². The van der Waals surface area contributed by atoms with Crippen LogP contribution in [0.5, 0.6) is 0 Å². The summed E-state index contributed by atoms with van der Waals surface area (Å²) in [6.07, 6.45) is -2.33. The number of aryl methyl sites for hydroxylation is 1. The van der Waals surface area contributed by atoms with Gasteiger partial charge in [-0.15, -0.1) is 11.3 Å². The molecule has 4 nitrogen and oxygen atoms in total. The van der Waals surface area contributed by atoms with Crippen LogP contribution in [0, 0.1) is 12.8 Å². The van der Waals surface area contributed by atoms with Crippen molar-refractivity contribution in [2.24, 2.45) is 5.92 Å². The molecule has 0 N–H and O–H groups in total. The fourth-order valence-corrected chi connectivity index (χ4v) is 4.49. The van der Waals surface area contributed by atoms with Gasteiger partial charge in [-0.1, -0.05) is 0 Å². The predicted octanol–water partition coefficient (Wildman–Crippen LogP) is 3.58. The highest BCUT2D eigenvalue weighted by Gasteiger charge is 2.42. The number of rotatable bonds is 2. The van der Waals surface area contributed by atoms with E-state index >= 15 is 0 Å². The third-order valence-corrected chi connectivity index (χ3v) is 5.79. The SMILES string of the molecule is Cc1csc(N2CCC3CN(c4ccc(C(F)(F)F)cn4)CC32)n1. The number of halogens is 3. The molecule has 0 radical (unpaired) electrons. The summed E-state index contributed by atoms with van der Waals surface area (Å²) in [5.74, 6) is 1.13. The van der Waals surface area contributed by atoms with Gasteiger partial charge in [-0.3, -0.25) is 0 Å². The van der Waals surface area contributed by atoms with E-state index < -0.39 is 11.7 Å². The van der Waals surface area contributed by atoms with Crippen molar-refractivity contribution in [3.63, 3.8) is 0 Å². The van der Waals surface area contributed by atoms with Crippen LogP contribution < -0.4 is 9.80 Å². The lowest BCUT2D eigenvalue weighted by atomic mass is 10.1. The Kier molecular flexibility index (Phi) is 3.67. The molecule has 0 spiro atoms. The molecule has 128 valence electrons. The van der Waals surface area contributed by atoms with Gasteiger partial charge in [-0.25, -0.2) is 9.97 Å². The van der Waals surface area contributed by atoms with Crippen molar-refractivity contribution in [2.45, 2.75) is 25.6 Å². The van der Waals surface area contributed by atoms with Crippen LogP contribution >= 0.6 is 11.3 Å². The highest BCUT2D eigenvalue weighted by molar-refractivity contribution is 7.13. The molecule has 2 aliphatic heterocycles. The van der Waals surface area contributed by atoms with E-state index in [0.29, 0.717) is 17.8 Å². The number of aromatic nitrogens is 2. The fourth-order valence-electron chi connectivity index (χ4n) is 3.60. The van der Waals surface area contributed by atoms with Crippen molar-refractivity contribution in [3.05, 3.63) is 35.0 Å². The van der Waals surface area contributed by atoms with Gasteiger partial charge in [-0.2, -0.15) is 13.2 Å². The van der Waals surface area contributed by atoms with Crippen molar-refractivity contribution in [3.8, 4) is 0 Å². The van der Waals surface area contributed by atoms with E-state index in [9.17, 15) is 13.2 Å². The van der Waals surface area contributed by atoms with E-state index in [1.54, 1.807) is 11.3 Å². The normalized spacial score (nSPS) is 23.8. The molecule has 0 bridgehead atoms. The maximum Gasteiger partial charge on any atom is 0.417 e. The lowest BCUT2D eigenvalue weighted by Crippen LogP contribution is -2.35. The van der Waals surface area contributed by atoms with Crippen LogP contribution in [0.3, 0.4) is 0 Å². The summed E-state index contributed by atoms with van der Waals surface area (Å²) in [5, 5.41) is 3.09. The first kappa shape index (κ1) is 15.7. The average Bonchev–Trinajstić information content (AvgIpc) is 3.21. The number of pyridine rings is 1. The average molecular weight is 354 g/mol. The number of nitrogens with zero attached hydrogens (tertiary/aromatic N) is 4. The summed E-state index contributed by atoms with van der Waals surface area (Å²) < 4.78 is 38.0. The van der Waals surface area contributed by atoms with E-state index in [2.05, 4.69) is 19.8 Å². The van der Waals surface area contributed by atoms with Gasteiger partial charge in [0.2, 0.25) is 0 Å². The third-order valence-electron chi connectivity index (χ3n) is 4.80. The molecule has 2 saturated heterocycles. The summed E-state index contributed by atoms with van der Waals surface area (Å²) in [6, 6.07) is 2.94. The molecule has 0 saturated carbocycles. The van der Waals surface area contributed by atoms with Crippen molar-refractivity contribution in [1.29, 1.82) is 0 Å². The monoisotopic (exact) mass is 354 g/mol. The molecular formula is C16H17F3N4S. The Morgan fingerprint density at radius 3 is 2.71 bits per heavy atom. The number of alkyl halides is 3. The summed E-state index contributed by atoms with van der Waals surface area (Å²) >= 11 is 1.65. The van der Waals surface area contributed by atoms with Crippen LogP contribution in [0.1, 0.15) is 17.7 Å². The number of thiazole rings is 1. The molecule has 8 heteroatoms. The lowest BCUT2D eigenvalue weighted by molar-refractivity contribution is -0.137. The Hall–Kier alpha value is -1.83. The Labute approximate surface area is 141 Å². The molecule has 2 aromatic rings. The van der Waals surface area contributed by atoms with Crippen LogP contribution in [-0.2, 0) is 6.18 Å². The van der Waals surface area contributed by atoms with Crippen LogP contribution in [0.4, 0.5) is 24.1 Å². The number of hydrogen-bond donors (Lipinski definition) is 0. The summed E-state index contributed by atoms with van der Waals surface area (Å²) in [7, 11) is 0. The molecule has 0 amide bonds. The van der Waals surface area contributed by atoms with Crippen molar-refractivity contribution < 1.29 is 13.2 Å². The minimum absolute atomic E-state index is 0.361. The number of anilines is 2. The minimum Gasteiger partial charge on any atom is -0.354 e. The minimum atomic E-state index is -4.34. The zero-order chi connectivity index (χ0) is 16.9. The van der Waals surface area contributed by atoms with Gasteiger partial charge >= 0.3 is 6.18 Å². The highest BCUT2D eigenvalue weighted by Crippen LogP contribution is 2.38. The Balaban J connectivity index is 1.50. The van der Waals surface area contributed by atoms with Gasteiger partial charge in [0.15, 0.2) is 5.13 Å². The first-order chi connectivity index (χ1) is 11.4. The quantitative estimate of drug-likeness (QED) is 0.825. The van der Waals surface area contributed by atoms with Crippen molar-refractivity contribution >= 4 is 22.3 Å². The second kappa shape index (κ2) is 5.61. The molecule has 4 rings (SSSR count). The molecule has 0 aliphatic carbocycles. The highest BCUT2D eigenvalue weighted by atomic mass is 32.1. The van der Waals surface area contributed by atoms with Gasteiger partial charge in [0, 0.05) is 37.1 Å². The van der Waals surface area contributed by atoms with Crippen molar-refractivity contribution in [2.75, 3.05) is 29.4 Å². The van der Waals surface area contributed by atoms with E-state index in [-0.39, 0.29) is 0 Å². The molecule has 2 aromatic heterocycles. The zero-order valence-electron chi connectivity index (χ0n) is 13.1. The second-order valence-corrected chi connectivity index (χ2v) is 7.23. The van der Waals surface area contributed by atoms with Gasteiger partial charge in [0.1, 0.15) is 5.82 Å². The molecular weight excluding hydrogens is 337 g/mol. The first-order valence-corrected chi connectivity index (χ1v) is 8.77. The van der Waals surface area contributed by atoms with Crippen LogP contribution in [0.2, 0.25) is 0 Å². The molecule has 4 heterocycles. The molecule has 2 aliphatic rings. The zero-order valence-corrected chi connectivity index (χ0v) is 13.9. The van der Waals surface area contributed by atoms with Gasteiger partial charge < -0.3 is 9.80 Å².